The van der Waals surface area contributed by atoms with Crippen LogP contribution in [0.2, 0.25) is 0 Å². The molecule has 0 atom stereocenters. The summed E-state index contributed by atoms with van der Waals surface area (Å²) in [6, 6.07) is 14.7. The molecule has 3 rings (SSSR count). The van der Waals surface area contributed by atoms with Crippen molar-refractivity contribution in [3.05, 3.63) is 63.9 Å². The molecule has 21 heavy (non-hydrogen) atoms. The lowest BCUT2D eigenvalue weighted by molar-refractivity contribution is 0.770. The fourth-order valence-electron chi connectivity index (χ4n) is 2.65. The lowest BCUT2D eigenvalue weighted by Crippen LogP contribution is -2.06. The number of benzene rings is 2. The highest BCUT2D eigenvalue weighted by molar-refractivity contribution is 9.10. The summed E-state index contributed by atoms with van der Waals surface area (Å²) in [7, 11) is 0. The van der Waals surface area contributed by atoms with Crippen molar-refractivity contribution in [2.24, 2.45) is 0 Å². The second-order valence-corrected chi connectivity index (χ2v) is 6.19. The minimum absolute atomic E-state index is 0.417. The van der Waals surface area contributed by atoms with Crippen LogP contribution < -0.4 is 0 Å². The summed E-state index contributed by atoms with van der Waals surface area (Å²) in [4.78, 5) is 4.63. The average Bonchev–Trinajstić information content (AvgIpc) is 2.85. The van der Waals surface area contributed by atoms with Gasteiger partial charge in [-0.2, -0.15) is 0 Å². The standard InChI is InChI=1S/C17H16BrClN2/c1-2-12-5-3-4-6-13(12)11-21-16-9-14(18)7-8-15(16)20-17(21)10-19/h3-9H,2,10-11H2,1H3. The van der Waals surface area contributed by atoms with Crippen molar-refractivity contribution in [2.45, 2.75) is 25.8 Å². The van der Waals surface area contributed by atoms with Gasteiger partial charge >= 0.3 is 0 Å². The number of halogens is 2. The molecule has 0 aliphatic rings. The van der Waals surface area contributed by atoms with Gasteiger partial charge in [0.15, 0.2) is 0 Å². The third kappa shape index (κ3) is 2.85. The molecule has 0 saturated carbocycles. The second kappa shape index (κ2) is 6.20. The molecule has 0 aliphatic heterocycles. The Hall–Kier alpha value is -1.32. The van der Waals surface area contributed by atoms with E-state index >= 15 is 0 Å². The Balaban J connectivity index is 2.12. The largest absolute Gasteiger partial charge is 0.322 e. The van der Waals surface area contributed by atoms with Gasteiger partial charge in [-0.3, -0.25) is 0 Å². The molecule has 2 aromatic carbocycles. The van der Waals surface area contributed by atoms with Crippen LogP contribution in [0.25, 0.3) is 11.0 Å². The van der Waals surface area contributed by atoms with Crippen molar-refractivity contribution >= 4 is 38.6 Å². The number of fused-ring (bicyclic) bond motifs is 1. The van der Waals surface area contributed by atoms with Crippen molar-refractivity contribution in [2.75, 3.05) is 0 Å². The molecule has 3 aromatic rings. The summed E-state index contributed by atoms with van der Waals surface area (Å²) in [5, 5.41) is 0. The molecule has 0 radical (unpaired) electrons. The summed E-state index contributed by atoms with van der Waals surface area (Å²) in [5.74, 6) is 1.33. The molecule has 0 fully saturated rings. The van der Waals surface area contributed by atoms with Crippen LogP contribution >= 0.6 is 27.5 Å². The van der Waals surface area contributed by atoms with Crippen molar-refractivity contribution < 1.29 is 0 Å². The number of hydrogen-bond acceptors (Lipinski definition) is 1. The van der Waals surface area contributed by atoms with Crippen LogP contribution in [0.4, 0.5) is 0 Å². The van der Waals surface area contributed by atoms with Crippen LogP contribution in [-0.4, -0.2) is 9.55 Å². The van der Waals surface area contributed by atoms with Crippen molar-refractivity contribution in [3.63, 3.8) is 0 Å². The molecule has 108 valence electrons. The fourth-order valence-corrected chi connectivity index (χ4v) is 3.20. The van der Waals surface area contributed by atoms with E-state index in [0.29, 0.717) is 5.88 Å². The van der Waals surface area contributed by atoms with Gasteiger partial charge in [0.25, 0.3) is 0 Å². The average molecular weight is 364 g/mol. The number of aryl methyl sites for hydroxylation is 1. The summed E-state index contributed by atoms with van der Waals surface area (Å²) < 4.78 is 3.27. The van der Waals surface area contributed by atoms with Crippen molar-refractivity contribution in [1.82, 2.24) is 9.55 Å². The Bertz CT molecular complexity index is 780. The number of rotatable bonds is 4. The van der Waals surface area contributed by atoms with Gasteiger partial charge in [0, 0.05) is 11.0 Å². The van der Waals surface area contributed by atoms with Gasteiger partial charge in [-0.25, -0.2) is 4.98 Å². The third-order valence-corrected chi connectivity index (χ3v) is 4.47. The first kappa shape index (κ1) is 14.6. The second-order valence-electron chi connectivity index (χ2n) is 5.00. The zero-order valence-electron chi connectivity index (χ0n) is 11.8. The van der Waals surface area contributed by atoms with Crippen LogP contribution in [0.3, 0.4) is 0 Å². The minimum atomic E-state index is 0.417. The monoisotopic (exact) mass is 362 g/mol. The Morgan fingerprint density at radius 2 is 1.90 bits per heavy atom. The first-order valence-electron chi connectivity index (χ1n) is 7.00. The van der Waals surface area contributed by atoms with E-state index in [4.69, 9.17) is 11.6 Å². The first-order chi connectivity index (χ1) is 10.2. The zero-order valence-corrected chi connectivity index (χ0v) is 14.2. The summed E-state index contributed by atoms with van der Waals surface area (Å²) in [6.45, 7) is 2.99. The molecule has 0 N–H and O–H groups in total. The fraction of sp³-hybridized carbons (Fsp3) is 0.235. The lowest BCUT2D eigenvalue weighted by Gasteiger charge is -2.11. The molecule has 0 aliphatic carbocycles. The highest BCUT2D eigenvalue weighted by atomic mass is 79.9. The van der Waals surface area contributed by atoms with Crippen LogP contribution in [0, 0.1) is 0 Å². The number of aromatic nitrogens is 2. The predicted molar refractivity (Wildman–Crippen MR) is 91.9 cm³/mol. The quantitative estimate of drug-likeness (QED) is 0.586. The molecule has 1 heterocycles. The van der Waals surface area contributed by atoms with Crippen LogP contribution in [0.15, 0.2) is 46.9 Å². The third-order valence-electron chi connectivity index (χ3n) is 3.74. The molecule has 0 spiro atoms. The van der Waals surface area contributed by atoms with Gasteiger partial charge in [0.2, 0.25) is 0 Å². The van der Waals surface area contributed by atoms with E-state index in [9.17, 15) is 0 Å². The van der Waals surface area contributed by atoms with Crippen molar-refractivity contribution in [1.29, 1.82) is 0 Å². The maximum Gasteiger partial charge on any atom is 0.125 e. The maximum absolute atomic E-state index is 6.09. The highest BCUT2D eigenvalue weighted by Gasteiger charge is 2.12. The van der Waals surface area contributed by atoms with Gasteiger partial charge in [0.05, 0.1) is 16.9 Å². The number of hydrogen-bond donors (Lipinski definition) is 0. The Labute approximate surface area is 137 Å². The van der Waals surface area contributed by atoms with E-state index in [-0.39, 0.29) is 0 Å². The topological polar surface area (TPSA) is 17.8 Å². The first-order valence-corrected chi connectivity index (χ1v) is 8.33. The summed E-state index contributed by atoms with van der Waals surface area (Å²) in [6.07, 6.45) is 1.03. The van der Waals surface area contributed by atoms with E-state index in [1.165, 1.54) is 11.1 Å². The minimum Gasteiger partial charge on any atom is -0.322 e. The summed E-state index contributed by atoms with van der Waals surface area (Å²) >= 11 is 9.63. The number of alkyl halides is 1. The van der Waals surface area contributed by atoms with Crippen molar-refractivity contribution in [3.8, 4) is 0 Å². The molecule has 4 heteroatoms. The molecule has 0 unspecified atom stereocenters. The molecular weight excluding hydrogens is 348 g/mol. The number of imidazole rings is 1. The lowest BCUT2D eigenvalue weighted by atomic mass is 10.1. The van der Waals surface area contributed by atoms with E-state index in [1.54, 1.807) is 0 Å². The molecule has 1 aromatic heterocycles. The summed E-state index contributed by atoms with van der Waals surface area (Å²) in [5.41, 5.74) is 4.80. The molecule has 0 saturated heterocycles. The van der Waals surface area contributed by atoms with E-state index in [1.807, 2.05) is 12.1 Å². The molecule has 0 amide bonds. The van der Waals surface area contributed by atoms with E-state index < -0.39 is 0 Å². The Kier molecular flexibility index (Phi) is 4.32. The number of nitrogens with zero attached hydrogens (tertiary/aromatic N) is 2. The van der Waals surface area contributed by atoms with Gasteiger partial charge in [-0.05, 0) is 35.7 Å². The SMILES string of the molecule is CCc1ccccc1Cn1c(CCl)nc2ccc(Br)cc21. The maximum atomic E-state index is 6.09. The van der Waals surface area contributed by atoms with Crippen LogP contribution in [0.1, 0.15) is 23.9 Å². The van der Waals surface area contributed by atoms with E-state index in [0.717, 1.165) is 34.3 Å². The Morgan fingerprint density at radius 3 is 2.62 bits per heavy atom. The van der Waals surface area contributed by atoms with E-state index in [2.05, 4.69) is 62.7 Å². The van der Waals surface area contributed by atoms with Gasteiger partial charge in [-0.15, -0.1) is 11.6 Å². The molecule has 2 nitrogen and oxygen atoms in total. The normalized spacial score (nSPS) is 11.2. The molecule has 0 bridgehead atoms. The van der Waals surface area contributed by atoms with Gasteiger partial charge in [0.1, 0.15) is 5.82 Å². The predicted octanol–water partition coefficient (Wildman–Crippen LogP) is 5.15. The molecular formula is C17H16BrClN2. The smallest absolute Gasteiger partial charge is 0.125 e. The highest BCUT2D eigenvalue weighted by Crippen LogP contribution is 2.24. The van der Waals surface area contributed by atoms with Gasteiger partial charge < -0.3 is 4.57 Å². The van der Waals surface area contributed by atoms with Gasteiger partial charge in [-0.1, -0.05) is 47.1 Å². The Morgan fingerprint density at radius 1 is 1.14 bits per heavy atom. The zero-order chi connectivity index (χ0) is 14.8. The van der Waals surface area contributed by atoms with Crippen LogP contribution in [-0.2, 0) is 18.8 Å². The van der Waals surface area contributed by atoms with Crippen LogP contribution in [0.5, 0.6) is 0 Å².